The molecule has 0 bridgehead atoms. The van der Waals surface area contributed by atoms with E-state index < -0.39 is 5.54 Å². The van der Waals surface area contributed by atoms with Gasteiger partial charge in [0, 0.05) is 32.7 Å². The van der Waals surface area contributed by atoms with Crippen LogP contribution in [0.2, 0.25) is 0 Å². The van der Waals surface area contributed by atoms with Gasteiger partial charge < -0.3 is 4.90 Å². The Kier molecular flexibility index (Phi) is 6.43. The van der Waals surface area contributed by atoms with Crippen LogP contribution in [0.15, 0.2) is 30.3 Å². The number of amides is 3. The Bertz CT molecular complexity index is 678. The molecule has 0 saturated carbocycles. The molecule has 2 heterocycles. The summed E-state index contributed by atoms with van der Waals surface area (Å²) in [5, 5.41) is 0. The molecule has 0 aliphatic carbocycles. The lowest BCUT2D eigenvalue weighted by molar-refractivity contribution is -0.136. The Morgan fingerprint density at radius 1 is 0.964 bits per heavy atom. The molecule has 3 amide bonds. The number of hydrogen-bond acceptors (Lipinski definition) is 3. The van der Waals surface area contributed by atoms with E-state index in [9.17, 15) is 9.59 Å². The van der Waals surface area contributed by atoms with Crippen molar-refractivity contribution < 1.29 is 9.59 Å². The van der Waals surface area contributed by atoms with Gasteiger partial charge in [-0.1, -0.05) is 58.0 Å². The maximum atomic E-state index is 13.4. The Morgan fingerprint density at radius 2 is 1.61 bits per heavy atom. The van der Waals surface area contributed by atoms with Crippen LogP contribution in [0.5, 0.6) is 0 Å². The second-order valence-corrected chi connectivity index (χ2v) is 9.22. The first-order valence-electron chi connectivity index (χ1n) is 10.7. The van der Waals surface area contributed by atoms with Crippen molar-refractivity contribution in [2.75, 3.05) is 26.2 Å². The van der Waals surface area contributed by atoms with Crippen LogP contribution in [-0.2, 0) is 11.3 Å². The number of carbonyl (C=O) groups is 2. The Morgan fingerprint density at radius 3 is 2.18 bits per heavy atom. The number of likely N-dealkylation sites (tertiary alicyclic amines) is 1. The fraction of sp³-hybridized carbons (Fsp3) is 0.652. The summed E-state index contributed by atoms with van der Waals surface area (Å²) in [5.41, 5.74) is 0.666. The number of benzene rings is 1. The minimum Gasteiger partial charge on any atom is -0.309 e. The topological polar surface area (TPSA) is 43.9 Å². The van der Waals surface area contributed by atoms with Gasteiger partial charge in [-0.15, -0.1) is 0 Å². The highest BCUT2D eigenvalue weighted by molar-refractivity contribution is 6.07. The molecule has 2 saturated heterocycles. The van der Waals surface area contributed by atoms with Crippen molar-refractivity contribution in [1.29, 1.82) is 0 Å². The molecule has 2 aliphatic rings. The lowest BCUT2D eigenvalue weighted by atomic mass is 9.85. The molecule has 0 unspecified atom stereocenters. The summed E-state index contributed by atoms with van der Waals surface area (Å²) >= 11 is 0. The number of hydrogen-bond donors (Lipinski definition) is 0. The molecular weight excluding hydrogens is 350 g/mol. The highest BCUT2D eigenvalue weighted by Crippen LogP contribution is 2.38. The van der Waals surface area contributed by atoms with Crippen LogP contribution in [-0.4, -0.2) is 58.4 Å². The molecule has 1 spiro atoms. The summed E-state index contributed by atoms with van der Waals surface area (Å²) in [6.07, 6.45) is 2.40. The van der Waals surface area contributed by atoms with Crippen molar-refractivity contribution in [1.82, 2.24) is 14.7 Å². The molecule has 0 atom stereocenters. The smallest absolute Gasteiger partial charge is 0.309 e. The number of urea groups is 1. The van der Waals surface area contributed by atoms with E-state index in [2.05, 4.69) is 56.9 Å². The third-order valence-corrected chi connectivity index (χ3v) is 6.03. The van der Waals surface area contributed by atoms with Gasteiger partial charge in [-0.05, 0) is 36.7 Å². The van der Waals surface area contributed by atoms with Crippen LogP contribution < -0.4 is 0 Å². The molecule has 154 valence electrons. The van der Waals surface area contributed by atoms with E-state index in [0.29, 0.717) is 19.0 Å². The van der Waals surface area contributed by atoms with Crippen molar-refractivity contribution in [3.63, 3.8) is 0 Å². The number of nitrogens with zero attached hydrogens (tertiary/aromatic N) is 3. The highest BCUT2D eigenvalue weighted by Gasteiger charge is 2.57. The zero-order chi connectivity index (χ0) is 20.3. The van der Waals surface area contributed by atoms with Gasteiger partial charge in [-0.25, -0.2) is 4.79 Å². The van der Waals surface area contributed by atoms with Crippen LogP contribution in [0.3, 0.4) is 0 Å². The van der Waals surface area contributed by atoms with Gasteiger partial charge in [0.15, 0.2) is 0 Å². The minimum atomic E-state index is -0.631. The van der Waals surface area contributed by atoms with Gasteiger partial charge in [0.05, 0.1) is 0 Å². The number of carbonyl (C=O) groups excluding carboxylic acids is 2. The van der Waals surface area contributed by atoms with Gasteiger partial charge >= 0.3 is 6.03 Å². The predicted octanol–water partition coefficient (Wildman–Crippen LogP) is 3.99. The lowest BCUT2D eigenvalue weighted by Crippen LogP contribution is -2.56. The highest BCUT2D eigenvalue weighted by atomic mass is 16.2. The summed E-state index contributed by atoms with van der Waals surface area (Å²) in [5.74, 6) is 0.833. The molecule has 0 aromatic heterocycles. The third kappa shape index (κ3) is 4.24. The van der Waals surface area contributed by atoms with Crippen molar-refractivity contribution in [3.05, 3.63) is 35.9 Å². The summed E-state index contributed by atoms with van der Waals surface area (Å²) in [6, 6.07) is 10.4. The van der Waals surface area contributed by atoms with E-state index in [0.717, 1.165) is 38.9 Å². The van der Waals surface area contributed by atoms with E-state index in [1.807, 2.05) is 11.0 Å². The van der Waals surface area contributed by atoms with Crippen LogP contribution in [0.25, 0.3) is 0 Å². The van der Waals surface area contributed by atoms with Crippen molar-refractivity contribution >= 4 is 11.9 Å². The summed E-state index contributed by atoms with van der Waals surface area (Å²) in [6.45, 7) is 12.3. The van der Waals surface area contributed by atoms with Crippen LogP contribution >= 0.6 is 0 Å². The molecule has 5 heteroatoms. The molecule has 2 aliphatic heterocycles. The maximum absolute atomic E-state index is 13.4. The molecule has 0 radical (unpaired) electrons. The molecule has 0 N–H and O–H groups in total. The monoisotopic (exact) mass is 385 g/mol. The van der Waals surface area contributed by atoms with Crippen molar-refractivity contribution in [2.45, 2.75) is 59.0 Å². The molecule has 3 rings (SSSR count). The van der Waals surface area contributed by atoms with Gasteiger partial charge in [-0.3, -0.25) is 14.6 Å². The number of piperidine rings is 1. The number of imide groups is 1. The normalized spacial score (nSPS) is 20.2. The zero-order valence-electron chi connectivity index (χ0n) is 17.9. The fourth-order valence-corrected chi connectivity index (χ4v) is 4.41. The largest absolute Gasteiger partial charge is 0.327 e. The zero-order valence-corrected chi connectivity index (χ0v) is 17.9. The summed E-state index contributed by atoms with van der Waals surface area (Å²) < 4.78 is 0. The fourth-order valence-electron chi connectivity index (χ4n) is 4.41. The minimum absolute atomic E-state index is 0.0364. The lowest BCUT2D eigenvalue weighted by Gasteiger charge is -2.42. The van der Waals surface area contributed by atoms with E-state index in [4.69, 9.17) is 0 Å². The average Bonchev–Trinajstić information content (AvgIpc) is 2.84. The molecule has 1 aromatic rings. The molecule has 2 fully saturated rings. The van der Waals surface area contributed by atoms with Crippen molar-refractivity contribution in [2.24, 2.45) is 11.8 Å². The van der Waals surface area contributed by atoms with Crippen molar-refractivity contribution in [3.8, 4) is 0 Å². The first kappa shape index (κ1) is 20.8. The maximum Gasteiger partial charge on any atom is 0.327 e. The van der Waals surface area contributed by atoms with E-state index in [1.54, 1.807) is 0 Å². The molecular formula is C23H35N3O2. The van der Waals surface area contributed by atoms with E-state index in [1.165, 1.54) is 10.5 Å². The number of rotatable bonds is 7. The van der Waals surface area contributed by atoms with Gasteiger partial charge in [0.2, 0.25) is 0 Å². The van der Waals surface area contributed by atoms with Crippen LogP contribution in [0.1, 0.15) is 52.5 Å². The second-order valence-electron chi connectivity index (χ2n) is 9.22. The SMILES string of the molecule is CC(C)CCN1C(=O)N(CC(C)C)C(=O)C12CCN(Cc1ccccc1)CC2. The summed E-state index contributed by atoms with van der Waals surface area (Å²) in [4.78, 5) is 32.4. The first-order chi connectivity index (χ1) is 13.3. The Hall–Kier alpha value is -1.88. The van der Waals surface area contributed by atoms with Gasteiger partial charge in [-0.2, -0.15) is 0 Å². The quantitative estimate of drug-likeness (QED) is 0.667. The third-order valence-electron chi connectivity index (χ3n) is 6.03. The Balaban J connectivity index is 1.74. The van der Waals surface area contributed by atoms with E-state index in [-0.39, 0.29) is 17.9 Å². The van der Waals surface area contributed by atoms with Crippen LogP contribution in [0, 0.1) is 11.8 Å². The van der Waals surface area contributed by atoms with E-state index >= 15 is 0 Å². The second kappa shape index (κ2) is 8.64. The standard InChI is InChI=1S/C23H35N3O2/c1-18(2)10-13-26-22(28)25(16-19(3)4)21(27)23(26)11-14-24(15-12-23)17-20-8-6-5-7-9-20/h5-9,18-19H,10-17H2,1-4H3. The first-order valence-corrected chi connectivity index (χ1v) is 10.7. The predicted molar refractivity (Wildman–Crippen MR) is 112 cm³/mol. The van der Waals surface area contributed by atoms with Gasteiger partial charge in [0.25, 0.3) is 5.91 Å². The van der Waals surface area contributed by atoms with Crippen LogP contribution in [0.4, 0.5) is 4.79 Å². The summed E-state index contributed by atoms with van der Waals surface area (Å²) in [7, 11) is 0. The average molecular weight is 386 g/mol. The molecule has 1 aromatic carbocycles. The Labute approximate surface area is 169 Å². The van der Waals surface area contributed by atoms with Gasteiger partial charge in [0.1, 0.15) is 5.54 Å². The molecule has 28 heavy (non-hydrogen) atoms. The molecule has 5 nitrogen and oxygen atoms in total.